The Bertz CT molecular complexity index is 922. The predicted molar refractivity (Wildman–Crippen MR) is 112 cm³/mol. The summed E-state index contributed by atoms with van der Waals surface area (Å²) in [4.78, 5) is 23.2. The summed E-state index contributed by atoms with van der Waals surface area (Å²) in [5.74, 6) is 2.79. The number of carbonyl (C=O) groups excluding carboxylic acids is 1. The van der Waals surface area contributed by atoms with Crippen molar-refractivity contribution in [2.75, 3.05) is 12.9 Å². The highest BCUT2D eigenvalue weighted by molar-refractivity contribution is 7.99. The van der Waals surface area contributed by atoms with Gasteiger partial charge in [-0.1, -0.05) is 19.9 Å². The van der Waals surface area contributed by atoms with Crippen LogP contribution in [0.5, 0.6) is 5.75 Å². The lowest BCUT2D eigenvalue weighted by atomic mass is 9.75. The van der Waals surface area contributed by atoms with Crippen molar-refractivity contribution in [3.8, 4) is 5.75 Å². The lowest BCUT2D eigenvalue weighted by molar-refractivity contribution is -0.385. The van der Waals surface area contributed by atoms with E-state index < -0.39 is 4.92 Å². The molecule has 7 nitrogen and oxygen atoms in total. The molecule has 1 amide bonds. The number of hydrogen-bond donors (Lipinski definition) is 1. The number of amides is 1. The van der Waals surface area contributed by atoms with Crippen LogP contribution < -0.4 is 10.1 Å². The Kier molecular flexibility index (Phi) is 6.21. The molecule has 1 atom stereocenters. The molecule has 29 heavy (non-hydrogen) atoms. The molecule has 0 radical (unpaired) electrons. The highest BCUT2D eigenvalue weighted by Crippen LogP contribution is 2.42. The van der Waals surface area contributed by atoms with E-state index in [4.69, 9.17) is 9.15 Å². The monoisotopic (exact) mass is 418 g/mol. The molecule has 0 spiro atoms. The summed E-state index contributed by atoms with van der Waals surface area (Å²) < 4.78 is 10.8. The minimum Gasteiger partial charge on any atom is -0.490 e. The van der Waals surface area contributed by atoms with E-state index in [1.807, 2.05) is 13.0 Å². The molecule has 1 aromatic carbocycles. The topological polar surface area (TPSA) is 94.6 Å². The van der Waals surface area contributed by atoms with Crippen LogP contribution in [0.3, 0.4) is 0 Å². The fourth-order valence-corrected chi connectivity index (χ4v) is 4.57. The lowest BCUT2D eigenvalue weighted by Crippen LogP contribution is -2.36. The van der Waals surface area contributed by atoms with Gasteiger partial charge in [0.2, 0.25) is 5.91 Å². The Morgan fingerprint density at radius 1 is 1.41 bits per heavy atom. The van der Waals surface area contributed by atoms with Gasteiger partial charge in [0.05, 0.1) is 23.8 Å². The first kappa shape index (κ1) is 21.2. The number of carbonyl (C=O) groups is 1. The number of nitro benzene ring substituents is 1. The van der Waals surface area contributed by atoms with Crippen LogP contribution in [0.4, 0.5) is 5.69 Å². The molecule has 1 heterocycles. The summed E-state index contributed by atoms with van der Waals surface area (Å²) in [6.45, 7) is 6.28. The van der Waals surface area contributed by atoms with E-state index in [0.29, 0.717) is 5.75 Å². The number of ether oxygens (including phenoxy) is 1. The standard InChI is InChI=1S/C21H26N2O5S/c1-13-7-15-16(9-21(2,3)10-19(15)28-13)22-20(24)12-29-11-14-5-6-18(27-4)17(8-14)23(25)26/h5-8,16H,9-12H2,1-4H3,(H,22,24). The average molecular weight is 419 g/mol. The maximum atomic E-state index is 12.5. The second kappa shape index (κ2) is 8.49. The number of furan rings is 1. The number of thioether (sulfide) groups is 1. The van der Waals surface area contributed by atoms with Crippen LogP contribution in [-0.4, -0.2) is 23.7 Å². The van der Waals surface area contributed by atoms with Crippen molar-refractivity contribution in [3.05, 3.63) is 57.0 Å². The van der Waals surface area contributed by atoms with Gasteiger partial charge in [-0.3, -0.25) is 14.9 Å². The largest absolute Gasteiger partial charge is 0.490 e. The molecule has 0 aliphatic heterocycles. The van der Waals surface area contributed by atoms with Crippen LogP contribution in [0, 0.1) is 22.5 Å². The van der Waals surface area contributed by atoms with E-state index in [2.05, 4.69) is 19.2 Å². The Balaban J connectivity index is 1.58. The molecule has 1 N–H and O–H groups in total. The summed E-state index contributed by atoms with van der Waals surface area (Å²) in [6.07, 6.45) is 1.73. The summed E-state index contributed by atoms with van der Waals surface area (Å²) in [7, 11) is 1.40. The summed E-state index contributed by atoms with van der Waals surface area (Å²) >= 11 is 1.42. The molecular formula is C21H26N2O5S. The smallest absolute Gasteiger partial charge is 0.311 e. The maximum absolute atomic E-state index is 12.5. The van der Waals surface area contributed by atoms with Crippen molar-refractivity contribution in [2.24, 2.45) is 5.41 Å². The van der Waals surface area contributed by atoms with E-state index in [-0.39, 0.29) is 34.6 Å². The maximum Gasteiger partial charge on any atom is 0.311 e. The van der Waals surface area contributed by atoms with E-state index in [0.717, 1.165) is 35.5 Å². The van der Waals surface area contributed by atoms with E-state index in [1.54, 1.807) is 12.1 Å². The Hall–Kier alpha value is -2.48. The quantitative estimate of drug-likeness (QED) is 0.523. The Morgan fingerprint density at radius 3 is 2.86 bits per heavy atom. The molecule has 156 valence electrons. The van der Waals surface area contributed by atoms with Gasteiger partial charge in [-0.05, 0) is 36.5 Å². The molecule has 1 aliphatic carbocycles. The minimum absolute atomic E-state index is 0.0504. The Morgan fingerprint density at radius 2 is 2.17 bits per heavy atom. The number of nitrogens with one attached hydrogen (secondary N) is 1. The zero-order valence-corrected chi connectivity index (χ0v) is 17.9. The van der Waals surface area contributed by atoms with Crippen molar-refractivity contribution in [1.82, 2.24) is 5.32 Å². The fraction of sp³-hybridized carbons (Fsp3) is 0.476. The molecular weight excluding hydrogens is 392 g/mol. The van der Waals surface area contributed by atoms with Gasteiger partial charge < -0.3 is 14.5 Å². The third-order valence-electron chi connectivity index (χ3n) is 5.01. The molecule has 0 bridgehead atoms. The number of benzene rings is 1. The average Bonchev–Trinajstić information content (AvgIpc) is 3.00. The third kappa shape index (κ3) is 5.12. The number of fused-ring (bicyclic) bond motifs is 1. The SMILES string of the molecule is COc1ccc(CSCC(=O)NC2CC(C)(C)Cc3oc(C)cc32)cc1[N+](=O)[O-]. The van der Waals surface area contributed by atoms with Gasteiger partial charge >= 0.3 is 5.69 Å². The second-order valence-electron chi connectivity index (χ2n) is 8.16. The van der Waals surface area contributed by atoms with E-state index in [1.165, 1.54) is 24.9 Å². The third-order valence-corrected chi connectivity index (χ3v) is 6.02. The lowest BCUT2D eigenvalue weighted by Gasteiger charge is -2.34. The van der Waals surface area contributed by atoms with Gasteiger partial charge in [0.25, 0.3) is 0 Å². The van der Waals surface area contributed by atoms with Gasteiger partial charge in [0.15, 0.2) is 5.75 Å². The Labute approximate surface area is 174 Å². The van der Waals surface area contributed by atoms with Gasteiger partial charge in [0.1, 0.15) is 11.5 Å². The molecule has 0 saturated heterocycles. The van der Waals surface area contributed by atoms with Crippen molar-refractivity contribution in [3.63, 3.8) is 0 Å². The molecule has 1 aliphatic rings. The minimum atomic E-state index is -0.463. The van der Waals surface area contributed by atoms with Gasteiger partial charge in [-0.2, -0.15) is 0 Å². The van der Waals surface area contributed by atoms with Crippen molar-refractivity contribution < 1.29 is 18.9 Å². The number of nitro groups is 1. The normalized spacial score (nSPS) is 17.4. The zero-order chi connectivity index (χ0) is 21.2. The van der Waals surface area contributed by atoms with Crippen LogP contribution in [0.25, 0.3) is 0 Å². The molecule has 8 heteroatoms. The molecule has 0 saturated carbocycles. The number of nitrogens with zero attached hydrogens (tertiary/aromatic N) is 1. The fourth-order valence-electron chi connectivity index (χ4n) is 3.78. The van der Waals surface area contributed by atoms with Crippen molar-refractivity contribution in [2.45, 2.75) is 45.4 Å². The second-order valence-corrected chi connectivity index (χ2v) is 9.14. The summed E-state index contributed by atoms with van der Waals surface area (Å²) in [5.41, 5.74) is 1.85. The summed E-state index contributed by atoms with van der Waals surface area (Å²) in [6, 6.07) is 6.82. The highest BCUT2D eigenvalue weighted by Gasteiger charge is 2.35. The van der Waals surface area contributed by atoms with Crippen molar-refractivity contribution in [1.29, 1.82) is 0 Å². The van der Waals surface area contributed by atoms with Crippen LogP contribution in [-0.2, 0) is 17.0 Å². The first-order valence-electron chi connectivity index (χ1n) is 9.46. The van der Waals surface area contributed by atoms with E-state index >= 15 is 0 Å². The molecule has 2 aromatic rings. The zero-order valence-electron chi connectivity index (χ0n) is 17.1. The first-order valence-corrected chi connectivity index (χ1v) is 10.6. The highest BCUT2D eigenvalue weighted by atomic mass is 32.2. The van der Waals surface area contributed by atoms with Gasteiger partial charge in [-0.15, -0.1) is 11.8 Å². The van der Waals surface area contributed by atoms with Crippen LogP contribution in [0.1, 0.15) is 49.0 Å². The molecule has 1 unspecified atom stereocenters. The number of aryl methyl sites for hydroxylation is 1. The van der Waals surface area contributed by atoms with Crippen LogP contribution in [0.15, 0.2) is 28.7 Å². The van der Waals surface area contributed by atoms with Gasteiger partial charge in [-0.25, -0.2) is 0 Å². The van der Waals surface area contributed by atoms with Crippen LogP contribution >= 0.6 is 11.8 Å². The number of rotatable bonds is 7. The molecule has 0 fully saturated rings. The summed E-state index contributed by atoms with van der Waals surface area (Å²) in [5, 5.41) is 14.3. The van der Waals surface area contributed by atoms with Crippen molar-refractivity contribution >= 4 is 23.4 Å². The molecule has 1 aromatic heterocycles. The number of hydrogen-bond acceptors (Lipinski definition) is 6. The predicted octanol–water partition coefficient (Wildman–Crippen LogP) is 4.57. The first-order chi connectivity index (χ1) is 13.7. The molecule has 3 rings (SSSR count). The van der Waals surface area contributed by atoms with Gasteiger partial charge in [0, 0.05) is 23.8 Å². The van der Waals surface area contributed by atoms with E-state index in [9.17, 15) is 14.9 Å². The van der Waals surface area contributed by atoms with Crippen LogP contribution in [0.2, 0.25) is 0 Å². The number of methoxy groups -OCH3 is 1.